The van der Waals surface area contributed by atoms with E-state index < -0.39 is 12.0 Å². The first-order chi connectivity index (χ1) is 13.0. The van der Waals surface area contributed by atoms with Gasteiger partial charge in [-0.05, 0) is 59.2 Å². The van der Waals surface area contributed by atoms with Gasteiger partial charge in [-0.15, -0.1) is 0 Å². The second-order valence-corrected chi connectivity index (χ2v) is 7.61. The van der Waals surface area contributed by atoms with Crippen LogP contribution in [0.2, 0.25) is 0 Å². The van der Waals surface area contributed by atoms with Gasteiger partial charge >= 0.3 is 5.97 Å². The van der Waals surface area contributed by atoms with Crippen molar-refractivity contribution in [2.75, 3.05) is 6.61 Å². The number of carboxylic acid groups (broad SMARTS) is 1. The summed E-state index contributed by atoms with van der Waals surface area (Å²) in [6.07, 6.45) is 2.01. The van der Waals surface area contributed by atoms with Crippen molar-refractivity contribution in [2.45, 2.75) is 39.3 Å². The molecule has 0 aromatic heterocycles. The third kappa shape index (κ3) is 3.07. The molecule has 5 nitrogen and oxygen atoms in total. The number of hydrogen-bond acceptors (Lipinski definition) is 3. The van der Waals surface area contributed by atoms with Crippen LogP contribution >= 0.6 is 0 Å². The highest BCUT2D eigenvalue weighted by Gasteiger charge is 2.38. The van der Waals surface area contributed by atoms with Crippen LogP contribution in [0, 0.1) is 5.92 Å². The number of amides is 1. The molecule has 0 spiro atoms. The molecular formula is C22H23NO4. The van der Waals surface area contributed by atoms with Crippen LogP contribution in [-0.2, 0) is 17.8 Å². The molecule has 4 rings (SSSR count). The number of aliphatic carboxylic acids is 1. The van der Waals surface area contributed by atoms with Crippen molar-refractivity contribution in [1.82, 2.24) is 4.90 Å². The fourth-order valence-electron chi connectivity index (χ4n) is 4.05. The lowest BCUT2D eigenvalue weighted by Crippen LogP contribution is -2.44. The van der Waals surface area contributed by atoms with Crippen molar-refractivity contribution >= 4 is 11.9 Å². The highest BCUT2D eigenvalue weighted by Crippen LogP contribution is 2.34. The number of carbonyl (C=O) groups excluding carboxylic acids is 1. The Morgan fingerprint density at radius 2 is 1.85 bits per heavy atom. The molecule has 2 aromatic carbocycles. The van der Waals surface area contributed by atoms with E-state index in [0.29, 0.717) is 12.1 Å². The van der Waals surface area contributed by atoms with Gasteiger partial charge in [0.05, 0.1) is 6.61 Å². The largest absolute Gasteiger partial charge is 0.493 e. The van der Waals surface area contributed by atoms with Crippen LogP contribution in [0.5, 0.6) is 5.75 Å². The highest BCUT2D eigenvalue weighted by atomic mass is 16.5. The molecule has 1 N–H and O–H groups in total. The summed E-state index contributed by atoms with van der Waals surface area (Å²) in [6, 6.07) is 11.2. The molecule has 0 bridgehead atoms. The van der Waals surface area contributed by atoms with Gasteiger partial charge in [0.2, 0.25) is 0 Å². The zero-order chi connectivity index (χ0) is 19.1. The summed E-state index contributed by atoms with van der Waals surface area (Å²) in [6.45, 7) is 4.77. The van der Waals surface area contributed by atoms with Gasteiger partial charge in [0, 0.05) is 12.1 Å². The van der Waals surface area contributed by atoms with Crippen molar-refractivity contribution in [3.8, 4) is 16.9 Å². The van der Waals surface area contributed by atoms with Crippen molar-refractivity contribution in [1.29, 1.82) is 0 Å². The predicted molar refractivity (Wildman–Crippen MR) is 102 cm³/mol. The number of carbonyl (C=O) groups is 2. The van der Waals surface area contributed by atoms with Gasteiger partial charge in [0.15, 0.2) is 0 Å². The molecule has 0 saturated carbocycles. The molecule has 2 aliphatic heterocycles. The Bertz CT molecular complexity index is 919. The summed E-state index contributed by atoms with van der Waals surface area (Å²) in [5, 5.41) is 9.54. The summed E-state index contributed by atoms with van der Waals surface area (Å²) in [4.78, 5) is 26.0. The van der Waals surface area contributed by atoms with Gasteiger partial charge in [0.1, 0.15) is 11.8 Å². The van der Waals surface area contributed by atoms with Crippen molar-refractivity contribution in [3.05, 3.63) is 53.1 Å². The lowest BCUT2D eigenvalue weighted by atomic mass is 9.96. The van der Waals surface area contributed by atoms with Crippen LogP contribution in [-0.4, -0.2) is 34.5 Å². The number of carboxylic acids is 1. The third-order valence-corrected chi connectivity index (χ3v) is 5.40. The van der Waals surface area contributed by atoms with Gasteiger partial charge in [0.25, 0.3) is 5.91 Å². The topological polar surface area (TPSA) is 66.8 Å². The number of hydrogen-bond donors (Lipinski definition) is 1. The maximum absolute atomic E-state index is 12.9. The molecule has 2 aliphatic rings. The highest BCUT2D eigenvalue weighted by molar-refractivity contribution is 6.01. The number of benzene rings is 2. The maximum Gasteiger partial charge on any atom is 0.326 e. The van der Waals surface area contributed by atoms with Gasteiger partial charge in [-0.2, -0.15) is 0 Å². The van der Waals surface area contributed by atoms with Crippen LogP contribution in [0.25, 0.3) is 11.1 Å². The summed E-state index contributed by atoms with van der Waals surface area (Å²) >= 11 is 0. The van der Waals surface area contributed by atoms with Crippen LogP contribution in [0.15, 0.2) is 36.4 Å². The number of fused-ring (bicyclic) bond motifs is 2. The maximum atomic E-state index is 12.9. The average molecular weight is 365 g/mol. The summed E-state index contributed by atoms with van der Waals surface area (Å²) in [5.41, 5.74) is 4.70. The zero-order valence-corrected chi connectivity index (χ0v) is 15.6. The Morgan fingerprint density at radius 3 is 2.59 bits per heavy atom. The van der Waals surface area contributed by atoms with E-state index in [9.17, 15) is 14.7 Å². The molecule has 27 heavy (non-hydrogen) atoms. The van der Waals surface area contributed by atoms with E-state index >= 15 is 0 Å². The first-order valence-electron chi connectivity index (χ1n) is 9.38. The zero-order valence-electron chi connectivity index (χ0n) is 15.6. The van der Waals surface area contributed by atoms with E-state index in [0.717, 1.165) is 41.9 Å². The molecule has 1 amide bonds. The number of ether oxygens (including phenoxy) is 1. The molecular weight excluding hydrogens is 342 g/mol. The van der Waals surface area contributed by atoms with Crippen LogP contribution in [0.1, 0.15) is 41.8 Å². The second kappa shape index (κ2) is 6.72. The molecule has 0 saturated heterocycles. The third-order valence-electron chi connectivity index (χ3n) is 5.40. The molecule has 0 fully saturated rings. The van der Waals surface area contributed by atoms with E-state index in [1.54, 1.807) is 0 Å². The van der Waals surface area contributed by atoms with E-state index in [1.165, 1.54) is 10.5 Å². The molecule has 2 aromatic rings. The van der Waals surface area contributed by atoms with Gasteiger partial charge in [-0.25, -0.2) is 4.79 Å². The summed E-state index contributed by atoms with van der Waals surface area (Å²) in [5.74, 6) is -0.370. The summed E-state index contributed by atoms with van der Waals surface area (Å²) in [7, 11) is 0. The average Bonchev–Trinajstić information content (AvgIpc) is 2.96. The van der Waals surface area contributed by atoms with E-state index in [1.807, 2.05) is 44.2 Å². The number of aryl methyl sites for hydroxylation is 1. The quantitative estimate of drug-likeness (QED) is 0.896. The molecule has 1 unspecified atom stereocenters. The molecule has 2 heterocycles. The van der Waals surface area contributed by atoms with E-state index in [4.69, 9.17) is 4.74 Å². The molecule has 1 atom stereocenters. The van der Waals surface area contributed by atoms with Gasteiger partial charge in [-0.3, -0.25) is 4.79 Å². The lowest BCUT2D eigenvalue weighted by molar-refractivity contribution is -0.144. The molecule has 0 aliphatic carbocycles. The van der Waals surface area contributed by atoms with Crippen LogP contribution < -0.4 is 4.74 Å². The van der Waals surface area contributed by atoms with Crippen LogP contribution in [0.3, 0.4) is 0 Å². The molecule has 140 valence electrons. The first kappa shape index (κ1) is 17.6. The Kier molecular flexibility index (Phi) is 4.38. The Hall–Kier alpha value is -2.82. The van der Waals surface area contributed by atoms with Gasteiger partial charge in [-0.1, -0.05) is 32.0 Å². The minimum absolute atomic E-state index is 0.152. The number of rotatable bonds is 4. The standard InChI is InChI=1S/C22H23NO4/c1-13(2)20(22(25)26)23-12-17-6-5-15(11-18(17)21(23)24)14-7-8-19-16(10-14)4-3-9-27-19/h5-8,10-11,13,20H,3-4,9,12H2,1-2H3,(H,25,26). The molecule has 0 radical (unpaired) electrons. The summed E-state index contributed by atoms with van der Waals surface area (Å²) < 4.78 is 5.67. The van der Waals surface area contributed by atoms with Crippen molar-refractivity contribution in [2.24, 2.45) is 5.92 Å². The Labute approximate surface area is 158 Å². The fraction of sp³-hybridized carbons (Fsp3) is 0.364. The minimum atomic E-state index is -0.957. The predicted octanol–water partition coefficient (Wildman–Crippen LogP) is 3.74. The SMILES string of the molecule is CC(C)C(C(=O)O)N1Cc2ccc(-c3ccc4c(c3)CCCO4)cc2C1=O. The second-order valence-electron chi connectivity index (χ2n) is 7.61. The lowest BCUT2D eigenvalue weighted by Gasteiger charge is -2.27. The Morgan fingerprint density at radius 1 is 1.11 bits per heavy atom. The fourth-order valence-corrected chi connectivity index (χ4v) is 4.05. The Balaban J connectivity index is 1.67. The van der Waals surface area contributed by atoms with E-state index in [-0.39, 0.29) is 11.8 Å². The smallest absolute Gasteiger partial charge is 0.326 e. The molecule has 5 heteroatoms. The van der Waals surface area contributed by atoms with E-state index in [2.05, 4.69) is 6.07 Å². The minimum Gasteiger partial charge on any atom is -0.493 e. The van der Waals surface area contributed by atoms with Crippen molar-refractivity contribution < 1.29 is 19.4 Å². The first-order valence-corrected chi connectivity index (χ1v) is 9.38. The van der Waals surface area contributed by atoms with Crippen molar-refractivity contribution in [3.63, 3.8) is 0 Å². The number of nitrogens with zero attached hydrogens (tertiary/aromatic N) is 1. The monoisotopic (exact) mass is 365 g/mol. The van der Waals surface area contributed by atoms with Crippen LogP contribution in [0.4, 0.5) is 0 Å². The normalized spacial score (nSPS) is 16.7. The van der Waals surface area contributed by atoms with Gasteiger partial charge < -0.3 is 14.7 Å².